The van der Waals surface area contributed by atoms with Gasteiger partial charge in [0.1, 0.15) is 6.54 Å². The SMILES string of the molecule is CCC(NC(=O)CN(c1ccc(Cl)c(C(F)(F)F)c1)S(=O)(=O)c1ccccc1)c1ccccc1. The summed E-state index contributed by atoms with van der Waals surface area (Å²) in [6.07, 6.45) is -4.28. The molecule has 0 aliphatic heterocycles. The van der Waals surface area contributed by atoms with Crippen LogP contribution in [0.1, 0.15) is 30.5 Å². The molecule has 34 heavy (non-hydrogen) atoms. The van der Waals surface area contributed by atoms with E-state index in [1.54, 1.807) is 6.07 Å². The number of amides is 1. The number of carbonyl (C=O) groups excluding carboxylic acids is 1. The molecule has 0 fully saturated rings. The third-order valence-corrected chi connectivity index (χ3v) is 7.22. The van der Waals surface area contributed by atoms with Crippen LogP contribution in [0.5, 0.6) is 0 Å². The molecule has 1 unspecified atom stereocenters. The zero-order valence-corrected chi connectivity index (χ0v) is 19.7. The van der Waals surface area contributed by atoms with Crippen LogP contribution >= 0.6 is 11.6 Å². The molecule has 3 rings (SSSR count). The molecule has 3 aromatic carbocycles. The highest BCUT2D eigenvalue weighted by molar-refractivity contribution is 7.92. The number of nitrogens with one attached hydrogen (secondary N) is 1. The summed E-state index contributed by atoms with van der Waals surface area (Å²) < 4.78 is 67.7. The van der Waals surface area contributed by atoms with Crippen LogP contribution in [-0.4, -0.2) is 20.9 Å². The zero-order valence-electron chi connectivity index (χ0n) is 18.1. The number of nitrogens with zero attached hydrogens (tertiary/aromatic N) is 1. The second-order valence-corrected chi connectivity index (χ2v) is 9.70. The molecule has 0 saturated heterocycles. The largest absolute Gasteiger partial charge is 0.417 e. The van der Waals surface area contributed by atoms with Gasteiger partial charge in [0, 0.05) is 0 Å². The van der Waals surface area contributed by atoms with E-state index in [4.69, 9.17) is 11.6 Å². The Morgan fingerprint density at radius 1 is 1.00 bits per heavy atom. The smallest absolute Gasteiger partial charge is 0.348 e. The number of sulfonamides is 1. The molecule has 1 amide bonds. The van der Waals surface area contributed by atoms with Crippen LogP contribution in [0.15, 0.2) is 83.8 Å². The van der Waals surface area contributed by atoms with Crippen molar-refractivity contribution in [1.29, 1.82) is 0 Å². The van der Waals surface area contributed by atoms with E-state index in [1.165, 1.54) is 24.3 Å². The number of halogens is 4. The molecule has 0 aliphatic carbocycles. The van der Waals surface area contributed by atoms with Crippen molar-refractivity contribution in [2.24, 2.45) is 0 Å². The van der Waals surface area contributed by atoms with E-state index in [9.17, 15) is 26.4 Å². The van der Waals surface area contributed by atoms with Crippen molar-refractivity contribution in [3.05, 3.63) is 95.0 Å². The van der Waals surface area contributed by atoms with Crippen LogP contribution in [0.4, 0.5) is 18.9 Å². The first-order valence-electron chi connectivity index (χ1n) is 10.3. The topological polar surface area (TPSA) is 66.5 Å². The molecule has 0 aliphatic rings. The zero-order chi connectivity index (χ0) is 24.9. The molecular weight excluding hydrogens is 489 g/mol. The number of rotatable bonds is 8. The van der Waals surface area contributed by atoms with Crippen molar-refractivity contribution in [1.82, 2.24) is 5.32 Å². The summed E-state index contributed by atoms with van der Waals surface area (Å²) in [6, 6.07) is 18.6. The number of hydrogen-bond donors (Lipinski definition) is 1. The molecule has 0 spiro atoms. The standard InChI is InChI=1S/C24H22ClF3N2O3S/c1-2-22(17-9-5-3-6-10-17)29-23(31)16-30(34(32,33)19-11-7-4-8-12-19)18-13-14-21(25)20(15-18)24(26,27)28/h3-15,22H,2,16H2,1H3,(H,29,31). The summed E-state index contributed by atoms with van der Waals surface area (Å²) in [4.78, 5) is 12.8. The van der Waals surface area contributed by atoms with Gasteiger partial charge >= 0.3 is 6.18 Å². The average Bonchev–Trinajstić information content (AvgIpc) is 2.82. The van der Waals surface area contributed by atoms with Crippen molar-refractivity contribution >= 4 is 33.2 Å². The van der Waals surface area contributed by atoms with Gasteiger partial charge in [-0.05, 0) is 42.3 Å². The number of anilines is 1. The molecule has 5 nitrogen and oxygen atoms in total. The predicted molar refractivity (Wildman–Crippen MR) is 125 cm³/mol. The minimum absolute atomic E-state index is 0.165. The van der Waals surface area contributed by atoms with E-state index in [0.717, 1.165) is 17.7 Å². The summed E-state index contributed by atoms with van der Waals surface area (Å²) in [7, 11) is -4.37. The lowest BCUT2D eigenvalue weighted by molar-refractivity contribution is -0.137. The van der Waals surface area contributed by atoms with Crippen LogP contribution in [0.3, 0.4) is 0 Å². The molecule has 1 atom stereocenters. The van der Waals surface area contributed by atoms with Crippen molar-refractivity contribution < 1.29 is 26.4 Å². The van der Waals surface area contributed by atoms with Crippen molar-refractivity contribution in [2.45, 2.75) is 30.5 Å². The van der Waals surface area contributed by atoms with E-state index in [0.29, 0.717) is 16.8 Å². The van der Waals surface area contributed by atoms with Crippen LogP contribution in [-0.2, 0) is 21.0 Å². The van der Waals surface area contributed by atoms with Crippen LogP contribution in [0.25, 0.3) is 0 Å². The molecule has 0 bridgehead atoms. The second-order valence-electron chi connectivity index (χ2n) is 7.43. The Balaban J connectivity index is 2.00. The first-order valence-corrected chi connectivity index (χ1v) is 12.1. The summed E-state index contributed by atoms with van der Waals surface area (Å²) in [5.74, 6) is -0.668. The van der Waals surface area contributed by atoms with Gasteiger partial charge in [0.15, 0.2) is 0 Å². The molecule has 180 valence electrons. The summed E-state index contributed by atoms with van der Waals surface area (Å²) in [5, 5.41) is 2.19. The molecule has 0 heterocycles. The Kier molecular flexibility index (Phi) is 7.89. The van der Waals surface area contributed by atoms with Gasteiger partial charge in [-0.3, -0.25) is 9.10 Å². The van der Waals surface area contributed by atoms with Crippen LogP contribution in [0.2, 0.25) is 5.02 Å². The second kappa shape index (κ2) is 10.5. The fraction of sp³-hybridized carbons (Fsp3) is 0.208. The minimum Gasteiger partial charge on any atom is -0.348 e. The van der Waals surface area contributed by atoms with Gasteiger partial charge in [0.25, 0.3) is 10.0 Å². The lowest BCUT2D eigenvalue weighted by atomic mass is 10.0. The highest BCUT2D eigenvalue weighted by Crippen LogP contribution is 2.38. The Hall–Kier alpha value is -3.04. The van der Waals surface area contributed by atoms with Crippen molar-refractivity contribution in [2.75, 3.05) is 10.8 Å². The quantitative estimate of drug-likeness (QED) is 0.415. The normalized spacial score (nSPS) is 12.7. The molecular formula is C24H22ClF3N2O3S. The van der Waals surface area contributed by atoms with Gasteiger partial charge in [0.05, 0.1) is 27.2 Å². The van der Waals surface area contributed by atoms with E-state index >= 15 is 0 Å². The lowest BCUT2D eigenvalue weighted by Crippen LogP contribution is -2.42. The first kappa shape index (κ1) is 25.6. The first-order chi connectivity index (χ1) is 16.0. The van der Waals surface area contributed by atoms with Gasteiger partial charge in [-0.1, -0.05) is 67.1 Å². The minimum atomic E-state index is -4.81. The van der Waals surface area contributed by atoms with Crippen LogP contribution in [0, 0.1) is 0 Å². The van der Waals surface area contributed by atoms with Gasteiger partial charge in [-0.25, -0.2) is 8.42 Å². The Labute approximate surface area is 201 Å². The number of carbonyl (C=O) groups is 1. The van der Waals surface area contributed by atoms with Gasteiger partial charge < -0.3 is 5.32 Å². The fourth-order valence-electron chi connectivity index (χ4n) is 3.40. The number of hydrogen-bond acceptors (Lipinski definition) is 3. The highest BCUT2D eigenvalue weighted by atomic mass is 35.5. The van der Waals surface area contributed by atoms with Gasteiger partial charge in [-0.15, -0.1) is 0 Å². The molecule has 0 radical (unpaired) electrons. The summed E-state index contributed by atoms with van der Waals surface area (Å²) >= 11 is 5.71. The third kappa shape index (κ3) is 5.90. The van der Waals surface area contributed by atoms with E-state index in [-0.39, 0.29) is 10.6 Å². The van der Waals surface area contributed by atoms with Crippen molar-refractivity contribution in [3.63, 3.8) is 0 Å². The Bertz CT molecular complexity index is 1240. The van der Waals surface area contributed by atoms with Gasteiger partial charge in [-0.2, -0.15) is 13.2 Å². The van der Waals surface area contributed by atoms with E-state index in [2.05, 4.69) is 5.32 Å². The number of benzene rings is 3. The van der Waals surface area contributed by atoms with Gasteiger partial charge in [0.2, 0.25) is 5.91 Å². The molecule has 3 aromatic rings. The lowest BCUT2D eigenvalue weighted by Gasteiger charge is -2.26. The van der Waals surface area contributed by atoms with E-state index in [1.807, 2.05) is 37.3 Å². The highest BCUT2D eigenvalue weighted by Gasteiger charge is 2.35. The fourth-order valence-corrected chi connectivity index (χ4v) is 5.06. The molecule has 0 aromatic heterocycles. The number of alkyl halides is 3. The monoisotopic (exact) mass is 510 g/mol. The Morgan fingerprint density at radius 3 is 2.15 bits per heavy atom. The molecule has 0 saturated carbocycles. The average molecular weight is 511 g/mol. The molecule has 10 heteroatoms. The summed E-state index contributed by atoms with van der Waals surface area (Å²) in [5.41, 5.74) is -0.707. The molecule has 1 N–H and O–H groups in total. The van der Waals surface area contributed by atoms with Crippen LogP contribution < -0.4 is 9.62 Å². The predicted octanol–water partition coefficient (Wildman–Crippen LogP) is 5.82. The van der Waals surface area contributed by atoms with E-state index < -0.39 is 45.3 Å². The Morgan fingerprint density at radius 2 is 1.59 bits per heavy atom. The third-order valence-electron chi connectivity index (χ3n) is 5.11. The summed E-state index contributed by atoms with van der Waals surface area (Å²) in [6.45, 7) is 1.13. The maximum absolute atomic E-state index is 13.4. The maximum Gasteiger partial charge on any atom is 0.417 e. The van der Waals surface area contributed by atoms with Crippen molar-refractivity contribution in [3.8, 4) is 0 Å². The maximum atomic E-state index is 13.4.